The number of nitrogens with one attached hydrogen (secondary N) is 2. The highest BCUT2D eigenvalue weighted by molar-refractivity contribution is 7.89. The second-order valence-corrected chi connectivity index (χ2v) is 7.98. The van der Waals surface area contributed by atoms with Crippen molar-refractivity contribution in [3.05, 3.63) is 21.3 Å². The highest BCUT2D eigenvalue weighted by atomic mass is 35.5. The summed E-state index contributed by atoms with van der Waals surface area (Å²) in [5.41, 5.74) is 0. The van der Waals surface area contributed by atoms with E-state index in [0.717, 1.165) is 24.4 Å². The topological polar surface area (TPSA) is 58.2 Å². The molecule has 0 aliphatic rings. The lowest BCUT2D eigenvalue weighted by Gasteiger charge is -2.12. The zero-order valence-electron chi connectivity index (χ0n) is 11.3. The Kier molecular flexibility index (Phi) is 7.31. The average molecular weight is 325 g/mol. The second kappa shape index (κ2) is 8.21. The van der Waals surface area contributed by atoms with Gasteiger partial charge < -0.3 is 5.32 Å². The second-order valence-electron chi connectivity index (χ2n) is 4.36. The SMILES string of the molecule is CCNCCCCS(=O)(=O)NC(C)c1ccc(Cl)s1. The molecule has 2 N–H and O–H groups in total. The van der Waals surface area contributed by atoms with Crippen LogP contribution in [0.1, 0.15) is 37.6 Å². The smallest absolute Gasteiger partial charge is 0.212 e. The van der Waals surface area contributed by atoms with Gasteiger partial charge in [0.25, 0.3) is 0 Å². The van der Waals surface area contributed by atoms with Gasteiger partial charge in [0, 0.05) is 4.88 Å². The van der Waals surface area contributed by atoms with Crippen molar-refractivity contribution in [1.29, 1.82) is 0 Å². The van der Waals surface area contributed by atoms with Crippen molar-refractivity contribution in [2.24, 2.45) is 0 Å². The highest BCUT2D eigenvalue weighted by Crippen LogP contribution is 2.27. The van der Waals surface area contributed by atoms with Gasteiger partial charge in [-0.2, -0.15) is 0 Å². The van der Waals surface area contributed by atoms with Crippen molar-refractivity contribution in [3.63, 3.8) is 0 Å². The van der Waals surface area contributed by atoms with Crippen LogP contribution in [0.2, 0.25) is 4.34 Å². The third-order valence-electron chi connectivity index (χ3n) is 2.64. The number of rotatable bonds is 9. The first-order valence-electron chi connectivity index (χ1n) is 6.40. The molecular formula is C12H21ClN2O2S2. The van der Waals surface area contributed by atoms with Crippen molar-refractivity contribution < 1.29 is 8.42 Å². The molecule has 1 rings (SSSR count). The largest absolute Gasteiger partial charge is 0.317 e. The lowest BCUT2D eigenvalue weighted by molar-refractivity contribution is 0.562. The zero-order chi connectivity index (χ0) is 14.3. The van der Waals surface area contributed by atoms with Crippen molar-refractivity contribution in [2.75, 3.05) is 18.8 Å². The van der Waals surface area contributed by atoms with Gasteiger partial charge in [0.15, 0.2) is 0 Å². The van der Waals surface area contributed by atoms with E-state index >= 15 is 0 Å². The molecule has 0 amide bonds. The molecule has 1 aromatic rings. The molecule has 0 saturated heterocycles. The van der Waals surface area contributed by atoms with Gasteiger partial charge in [-0.3, -0.25) is 0 Å². The third kappa shape index (κ3) is 6.72. The van der Waals surface area contributed by atoms with Crippen LogP contribution in [0.15, 0.2) is 12.1 Å². The van der Waals surface area contributed by atoms with Gasteiger partial charge >= 0.3 is 0 Å². The minimum absolute atomic E-state index is 0.168. The summed E-state index contributed by atoms with van der Waals surface area (Å²) >= 11 is 7.24. The first kappa shape index (κ1) is 16.9. The van der Waals surface area contributed by atoms with E-state index in [2.05, 4.69) is 10.0 Å². The van der Waals surface area contributed by atoms with E-state index in [0.29, 0.717) is 10.8 Å². The van der Waals surface area contributed by atoms with E-state index < -0.39 is 10.0 Å². The van der Waals surface area contributed by atoms with E-state index in [4.69, 9.17) is 11.6 Å². The van der Waals surface area contributed by atoms with Gasteiger partial charge in [-0.25, -0.2) is 13.1 Å². The molecular weight excluding hydrogens is 304 g/mol. The number of hydrogen-bond donors (Lipinski definition) is 2. The molecule has 110 valence electrons. The van der Waals surface area contributed by atoms with Gasteiger partial charge in [-0.15, -0.1) is 11.3 Å². The Labute approximate surface area is 124 Å². The van der Waals surface area contributed by atoms with Gasteiger partial charge in [0.1, 0.15) is 0 Å². The molecule has 0 saturated carbocycles. The monoisotopic (exact) mass is 324 g/mol. The first-order chi connectivity index (χ1) is 8.94. The number of halogens is 1. The molecule has 0 aliphatic heterocycles. The molecule has 0 aromatic carbocycles. The average Bonchev–Trinajstić information content (AvgIpc) is 2.75. The molecule has 0 fully saturated rings. The fourth-order valence-electron chi connectivity index (χ4n) is 1.67. The quantitative estimate of drug-likeness (QED) is 0.687. The predicted molar refractivity (Wildman–Crippen MR) is 82.4 cm³/mol. The summed E-state index contributed by atoms with van der Waals surface area (Å²) in [6.45, 7) is 5.65. The number of hydrogen-bond acceptors (Lipinski definition) is 4. The van der Waals surface area contributed by atoms with Crippen LogP contribution in [-0.4, -0.2) is 27.3 Å². The Morgan fingerprint density at radius 2 is 2.11 bits per heavy atom. The molecule has 19 heavy (non-hydrogen) atoms. The summed E-state index contributed by atoms with van der Waals surface area (Å²) in [4.78, 5) is 0.932. The van der Waals surface area contributed by atoms with Crippen LogP contribution in [0.25, 0.3) is 0 Å². The summed E-state index contributed by atoms with van der Waals surface area (Å²) in [7, 11) is -3.22. The number of unbranched alkanes of at least 4 members (excludes halogenated alkanes) is 1. The standard InChI is InChI=1S/C12H21ClN2O2S2/c1-3-14-8-4-5-9-19(16,17)15-10(2)11-6-7-12(13)18-11/h6-7,10,14-15H,3-5,8-9H2,1-2H3. The Morgan fingerprint density at radius 1 is 1.37 bits per heavy atom. The molecule has 4 nitrogen and oxygen atoms in total. The van der Waals surface area contributed by atoms with Crippen LogP contribution < -0.4 is 10.0 Å². The summed E-state index contributed by atoms with van der Waals surface area (Å²) < 4.78 is 27.1. The zero-order valence-corrected chi connectivity index (χ0v) is 13.7. The van der Waals surface area contributed by atoms with Crippen LogP contribution in [0, 0.1) is 0 Å². The Hall–Kier alpha value is -0.140. The lowest BCUT2D eigenvalue weighted by atomic mass is 10.3. The summed E-state index contributed by atoms with van der Waals surface area (Å²) in [6.07, 6.45) is 1.54. The Balaban J connectivity index is 2.37. The molecule has 1 heterocycles. The Bertz CT molecular complexity index is 474. The van der Waals surface area contributed by atoms with Crippen molar-refractivity contribution in [1.82, 2.24) is 10.0 Å². The van der Waals surface area contributed by atoms with E-state index in [1.807, 2.05) is 19.9 Å². The molecule has 0 bridgehead atoms. The van der Waals surface area contributed by atoms with Crippen LogP contribution in [-0.2, 0) is 10.0 Å². The summed E-state index contributed by atoms with van der Waals surface area (Å²) in [5, 5.41) is 3.18. The molecule has 1 aromatic heterocycles. The number of sulfonamides is 1. The fourth-order valence-corrected chi connectivity index (χ4v) is 4.17. The van der Waals surface area contributed by atoms with E-state index in [1.54, 1.807) is 6.07 Å². The van der Waals surface area contributed by atoms with E-state index in [9.17, 15) is 8.42 Å². The molecule has 1 unspecified atom stereocenters. The number of thiophene rings is 1. The molecule has 1 atom stereocenters. The van der Waals surface area contributed by atoms with Gasteiger partial charge in [0.2, 0.25) is 10.0 Å². The first-order valence-corrected chi connectivity index (χ1v) is 9.25. The van der Waals surface area contributed by atoms with Gasteiger partial charge in [-0.1, -0.05) is 18.5 Å². The van der Waals surface area contributed by atoms with Crippen molar-refractivity contribution in [3.8, 4) is 0 Å². The van der Waals surface area contributed by atoms with Crippen molar-refractivity contribution in [2.45, 2.75) is 32.7 Å². The van der Waals surface area contributed by atoms with E-state index in [1.165, 1.54) is 11.3 Å². The lowest BCUT2D eigenvalue weighted by Crippen LogP contribution is -2.29. The van der Waals surface area contributed by atoms with E-state index in [-0.39, 0.29) is 11.8 Å². The maximum absolute atomic E-state index is 11.9. The van der Waals surface area contributed by atoms with Crippen LogP contribution >= 0.6 is 22.9 Å². The van der Waals surface area contributed by atoms with Gasteiger partial charge in [0.05, 0.1) is 16.1 Å². The van der Waals surface area contributed by atoms with Crippen LogP contribution in [0.4, 0.5) is 0 Å². The van der Waals surface area contributed by atoms with Gasteiger partial charge in [-0.05, 0) is 45.0 Å². The fraction of sp³-hybridized carbons (Fsp3) is 0.667. The molecule has 0 spiro atoms. The summed E-state index contributed by atoms with van der Waals surface area (Å²) in [6, 6.07) is 3.41. The Morgan fingerprint density at radius 3 is 2.68 bits per heavy atom. The predicted octanol–water partition coefficient (Wildman–Crippen LogP) is 2.77. The normalized spacial score (nSPS) is 13.6. The maximum atomic E-state index is 11.9. The maximum Gasteiger partial charge on any atom is 0.212 e. The summed E-state index contributed by atoms with van der Waals surface area (Å²) in [5.74, 6) is 0.168. The highest BCUT2D eigenvalue weighted by Gasteiger charge is 2.16. The minimum atomic E-state index is -3.22. The molecule has 7 heteroatoms. The van der Waals surface area contributed by atoms with Crippen molar-refractivity contribution >= 4 is 33.0 Å². The van der Waals surface area contributed by atoms with Crippen LogP contribution in [0.5, 0.6) is 0 Å². The third-order valence-corrected chi connectivity index (χ3v) is 5.60. The molecule has 0 radical (unpaired) electrons. The molecule has 0 aliphatic carbocycles. The van der Waals surface area contributed by atoms with Crippen LogP contribution in [0.3, 0.4) is 0 Å². The minimum Gasteiger partial charge on any atom is -0.317 e.